The lowest BCUT2D eigenvalue weighted by Crippen LogP contribution is -2.29. The van der Waals surface area contributed by atoms with Gasteiger partial charge in [0, 0.05) is 18.0 Å². The standard InChI is InChI=1S/C14H17ClFNO2/c1-19-11-4-5-12(13(16)7-11)14(18)17-8-9-2-3-10(15)6-9/h4-5,7,9-10H,2-3,6,8H2,1H3,(H,17,18). The third kappa shape index (κ3) is 3.60. The number of methoxy groups -OCH3 is 1. The van der Waals surface area contributed by atoms with Crippen molar-refractivity contribution in [2.75, 3.05) is 13.7 Å². The molecule has 3 nitrogen and oxygen atoms in total. The Morgan fingerprint density at radius 2 is 2.32 bits per heavy atom. The summed E-state index contributed by atoms with van der Waals surface area (Å²) in [5.41, 5.74) is 0.0428. The van der Waals surface area contributed by atoms with Crippen molar-refractivity contribution >= 4 is 17.5 Å². The Kier molecular flexibility index (Phi) is 4.64. The predicted molar refractivity (Wildman–Crippen MR) is 72.3 cm³/mol. The lowest BCUT2D eigenvalue weighted by Gasteiger charge is -2.11. The molecule has 0 bridgehead atoms. The second kappa shape index (κ2) is 6.24. The molecule has 1 aromatic rings. The van der Waals surface area contributed by atoms with Crippen molar-refractivity contribution in [2.24, 2.45) is 5.92 Å². The van der Waals surface area contributed by atoms with Gasteiger partial charge < -0.3 is 10.1 Å². The zero-order chi connectivity index (χ0) is 13.8. The molecule has 1 amide bonds. The zero-order valence-electron chi connectivity index (χ0n) is 10.8. The van der Waals surface area contributed by atoms with Crippen LogP contribution in [0.3, 0.4) is 0 Å². The first kappa shape index (κ1) is 14.1. The molecule has 0 aliphatic heterocycles. The van der Waals surface area contributed by atoms with Crippen LogP contribution in [-0.4, -0.2) is 24.9 Å². The van der Waals surface area contributed by atoms with E-state index in [-0.39, 0.29) is 10.9 Å². The molecule has 2 atom stereocenters. The van der Waals surface area contributed by atoms with Gasteiger partial charge >= 0.3 is 0 Å². The molecule has 104 valence electrons. The van der Waals surface area contributed by atoms with E-state index in [0.717, 1.165) is 19.3 Å². The first-order chi connectivity index (χ1) is 9.10. The highest BCUT2D eigenvalue weighted by molar-refractivity contribution is 6.20. The molecule has 1 aromatic carbocycles. The number of halogens is 2. The average Bonchev–Trinajstić information content (AvgIpc) is 2.81. The summed E-state index contributed by atoms with van der Waals surface area (Å²) in [6, 6.07) is 4.21. The summed E-state index contributed by atoms with van der Waals surface area (Å²) in [6.07, 6.45) is 2.91. The lowest BCUT2D eigenvalue weighted by atomic mass is 10.1. The van der Waals surface area contributed by atoms with Gasteiger partial charge in [-0.1, -0.05) is 0 Å². The minimum Gasteiger partial charge on any atom is -0.497 e. The monoisotopic (exact) mass is 285 g/mol. The van der Waals surface area contributed by atoms with Crippen molar-refractivity contribution in [2.45, 2.75) is 24.6 Å². The number of amides is 1. The highest BCUT2D eigenvalue weighted by atomic mass is 35.5. The molecule has 5 heteroatoms. The summed E-state index contributed by atoms with van der Waals surface area (Å²) in [5, 5.41) is 2.97. The SMILES string of the molecule is COc1ccc(C(=O)NCC2CCC(Cl)C2)c(F)c1. The Labute approximate surface area is 117 Å². The van der Waals surface area contributed by atoms with Gasteiger partial charge in [-0.15, -0.1) is 11.6 Å². The fraction of sp³-hybridized carbons (Fsp3) is 0.500. The van der Waals surface area contributed by atoms with Crippen LogP contribution in [0.25, 0.3) is 0 Å². The van der Waals surface area contributed by atoms with Crippen LogP contribution in [0.15, 0.2) is 18.2 Å². The Morgan fingerprint density at radius 1 is 1.53 bits per heavy atom. The molecular formula is C14H17ClFNO2. The number of benzene rings is 1. The van der Waals surface area contributed by atoms with Crippen LogP contribution in [0.4, 0.5) is 4.39 Å². The second-order valence-corrected chi connectivity index (χ2v) is 5.45. The van der Waals surface area contributed by atoms with E-state index < -0.39 is 11.7 Å². The Balaban J connectivity index is 1.92. The van der Waals surface area contributed by atoms with Crippen molar-refractivity contribution in [1.82, 2.24) is 5.32 Å². The van der Waals surface area contributed by atoms with Crippen molar-refractivity contribution in [1.29, 1.82) is 0 Å². The Hall–Kier alpha value is -1.29. The maximum Gasteiger partial charge on any atom is 0.254 e. The van der Waals surface area contributed by atoms with Gasteiger partial charge in [-0.05, 0) is 37.3 Å². The summed E-state index contributed by atoms with van der Waals surface area (Å²) in [5.74, 6) is -0.167. The van der Waals surface area contributed by atoms with E-state index in [0.29, 0.717) is 18.2 Å². The van der Waals surface area contributed by atoms with Gasteiger partial charge in [-0.3, -0.25) is 4.79 Å². The largest absolute Gasteiger partial charge is 0.497 e. The third-order valence-corrected chi connectivity index (χ3v) is 3.85. The highest BCUT2D eigenvalue weighted by Crippen LogP contribution is 2.28. The first-order valence-corrected chi connectivity index (χ1v) is 6.79. The number of ether oxygens (including phenoxy) is 1. The molecule has 2 rings (SSSR count). The van der Waals surface area contributed by atoms with Gasteiger partial charge in [0.25, 0.3) is 5.91 Å². The molecule has 1 fully saturated rings. The molecule has 1 aliphatic carbocycles. The van der Waals surface area contributed by atoms with Gasteiger partial charge in [0.15, 0.2) is 0 Å². The van der Waals surface area contributed by atoms with E-state index in [1.807, 2.05) is 0 Å². The molecule has 19 heavy (non-hydrogen) atoms. The van der Waals surface area contributed by atoms with Crippen LogP contribution in [-0.2, 0) is 0 Å². The molecule has 0 heterocycles. The van der Waals surface area contributed by atoms with Gasteiger partial charge in [0.2, 0.25) is 0 Å². The fourth-order valence-electron chi connectivity index (χ4n) is 2.34. The minimum atomic E-state index is -0.571. The van der Waals surface area contributed by atoms with Crippen LogP contribution in [0.2, 0.25) is 0 Å². The van der Waals surface area contributed by atoms with E-state index in [9.17, 15) is 9.18 Å². The van der Waals surface area contributed by atoms with Crippen molar-refractivity contribution < 1.29 is 13.9 Å². The molecule has 1 saturated carbocycles. The number of carbonyl (C=O) groups excluding carboxylic acids is 1. The number of carbonyl (C=O) groups is 1. The van der Waals surface area contributed by atoms with Crippen LogP contribution in [0.1, 0.15) is 29.6 Å². The normalized spacial score (nSPS) is 22.3. The van der Waals surface area contributed by atoms with Crippen molar-refractivity contribution in [3.05, 3.63) is 29.6 Å². The second-order valence-electron chi connectivity index (χ2n) is 4.83. The third-order valence-electron chi connectivity index (χ3n) is 3.45. The molecule has 0 spiro atoms. The quantitative estimate of drug-likeness (QED) is 0.864. The van der Waals surface area contributed by atoms with Gasteiger partial charge in [0.05, 0.1) is 12.7 Å². The average molecular weight is 286 g/mol. The van der Waals surface area contributed by atoms with Crippen LogP contribution in [0.5, 0.6) is 5.75 Å². The molecule has 0 saturated heterocycles. The summed E-state index contributed by atoms with van der Waals surface area (Å²) in [7, 11) is 1.46. The number of nitrogens with one attached hydrogen (secondary N) is 1. The van der Waals surface area contributed by atoms with Crippen molar-refractivity contribution in [3.8, 4) is 5.75 Å². The lowest BCUT2D eigenvalue weighted by molar-refractivity contribution is 0.0943. The molecule has 0 aromatic heterocycles. The maximum absolute atomic E-state index is 13.7. The van der Waals surface area contributed by atoms with Gasteiger partial charge in [-0.2, -0.15) is 0 Å². The minimum absolute atomic E-state index is 0.0428. The number of hydrogen-bond donors (Lipinski definition) is 1. The fourth-order valence-corrected chi connectivity index (χ4v) is 2.72. The molecule has 1 aliphatic rings. The summed E-state index contributed by atoms with van der Waals surface area (Å²) in [6.45, 7) is 0.549. The zero-order valence-corrected chi connectivity index (χ0v) is 11.5. The van der Waals surface area contributed by atoms with Crippen molar-refractivity contribution in [3.63, 3.8) is 0 Å². The number of hydrogen-bond acceptors (Lipinski definition) is 2. The molecule has 0 radical (unpaired) electrons. The van der Waals surface area contributed by atoms with Crippen LogP contribution >= 0.6 is 11.6 Å². The Bertz CT molecular complexity index is 467. The van der Waals surface area contributed by atoms with E-state index in [1.54, 1.807) is 6.07 Å². The van der Waals surface area contributed by atoms with Gasteiger partial charge in [-0.25, -0.2) is 4.39 Å². The topological polar surface area (TPSA) is 38.3 Å². The number of alkyl halides is 1. The van der Waals surface area contributed by atoms with E-state index in [2.05, 4.69) is 5.32 Å². The summed E-state index contributed by atoms with van der Waals surface area (Å²) >= 11 is 6.01. The van der Waals surface area contributed by atoms with Crippen LogP contribution < -0.4 is 10.1 Å². The number of rotatable bonds is 4. The summed E-state index contributed by atoms with van der Waals surface area (Å²) < 4.78 is 18.6. The molecular weight excluding hydrogens is 269 g/mol. The molecule has 2 unspecified atom stereocenters. The van der Waals surface area contributed by atoms with E-state index >= 15 is 0 Å². The van der Waals surface area contributed by atoms with E-state index in [1.165, 1.54) is 19.2 Å². The Morgan fingerprint density at radius 3 is 2.89 bits per heavy atom. The summed E-state index contributed by atoms with van der Waals surface area (Å²) in [4.78, 5) is 11.9. The van der Waals surface area contributed by atoms with Gasteiger partial charge in [0.1, 0.15) is 11.6 Å². The van der Waals surface area contributed by atoms with E-state index in [4.69, 9.17) is 16.3 Å². The highest BCUT2D eigenvalue weighted by Gasteiger charge is 2.23. The van der Waals surface area contributed by atoms with Crippen LogP contribution in [0, 0.1) is 11.7 Å². The smallest absolute Gasteiger partial charge is 0.254 e. The molecule has 1 N–H and O–H groups in total. The first-order valence-electron chi connectivity index (χ1n) is 6.36. The maximum atomic E-state index is 13.7. The predicted octanol–water partition coefficient (Wildman–Crippen LogP) is 2.97.